The van der Waals surface area contributed by atoms with Gasteiger partial charge in [0.1, 0.15) is 11.6 Å². The van der Waals surface area contributed by atoms with Crippen molar-refractivity contribution in [3.8, 4) is 0 Å². The first kappa shape index (κ1) is 12.5. The summed E-state index contributed by atoms with van der Waals surface area (Å²) in [5, 5.41) is 9.17. The van der Waals surface area contributed by atoms with Crippen molar-refractivity contribution in [2.24, 2.45) is 5.92 Å². The molecule has 1 fully saturated rings. The molecule has 0 radical (unpaired) electrons. The first-order valence-corrected chi connectivity index (χ1v) is 5.85. The fourth-order valence-corrected chi connectivity index (χ4v) is 2.31. The van der Waals surface area contributed by atoms with E-state index < -0.39 is 5.82 Å². The number of aliphatic hydroxyl groups is 1. The van der Waals surface area contributed by atoms with Gasteiger partial charge in [-0.2, -0.15) is 0 Å². The maximum absolute atomic E-state index is 13.4. The van der Waals surface area contributed by atoms with Gasteiger partial charge in [0.05, 0.1) is 6.10 Å². The van der Waals surface area contributed by atoms with Gasteiger partial charge in [-0.1, -0.05) is 0 Å². The van der Waals surface area contributed by atoms with Crippen LogP contribution in [0.2, 0.25) is 0 Å². The Labute approximate surface area is 99.9 Å². The van der Waals surface area contributed by atoms with Crippen molar-refractivity contribution in [3.05, 3.63) is 35.4 Å². The van der Waals surface area contributed by atoms with Gasteiger partial charge in [0.2, 0.25) is 0 Å². The zero-order chi connectivity index (χ0) is 12.4. The van der Waals surface area contributed by atoms with Gasteiger partial charge in [-0.05, 0) is 44.0 Å². The average Bonchev–Trinajstić information content (AvgIpc) is 2.21. The third-order valence-corrected chi connectivity index (χ3v) is 3.23. The van der Waals surface area contributed by atoms with Crippen LogP contribution in [0.1, 0.15) is 18.4 Å². The third kappa shape index (κ3) is 3.23. The van der Waals surface area contributed by atoms with E-state index in [2.05, 4.69) is 0 Å². The van der Waals surface area contributed by atoms with E-state index in [1.54, 1.807) is 0 Å². The molecule has 0 bridgehead atoms. The van der Waals surface area contributed by atoms with Crippen LogP contribution in [0.15, 0.2) is 18.2 Å². The summed E-state index contributed by atoms with van der Waals surface area (Å²) in [5.41, 5.74) is 0.382. The maximum Gasteiger partial charge on any atom is 0.127 e. The summed E-state index contributed by atoms with van der Waals surface area (Å²) in [6, 6.07) is 3.52. The lowest BCUT2D eigenvalue weighted by molar-refractivity contribution is 0.0272. The molecule has 0 unspecified atom stereocenters. The average molecular weight is 241 g/mol. The fourth-order valence-electron chi connectivity index (χ4n) is 2.31. The van der Waals surface area contributed by atoms with Gasteiger partial charge in [0.15, 0.2) is 0 Å². The Balaban J connectivity index is 1.89. The topological polar surface area (TPSA) is 23.5 Å². The van der Waals surface area contributed by atoms with Crippen LogP contribution in [0.3, 0.4) is 0 Å². The fraction of sp³-hybridized carbons (Fsp3) is 0.538. The van der Waals surface area contributed by atoms with Crippen LogP contribution in [0.25, 0.3) is 0 Å². The second kappa shape index (κ2) is 5.10. The van der Waals surface area contributed by atoms with Crippen LogP contribution < -0.4 is 0 Å². The van der Waals surface area contributed by atoms with E-state index >= 15 is 0 Å². The lowest BCUT2D eigenvalue weighted by atomic mass is 9.82. The number of nitrogens with zero attached hydrogens (tertiary/aromatic N) is 1. The number of hydrogen-bond acceptors (Lipinski definition) is 2. The molecule has 1 saturated carbocycles. The highest BCUT2D eigenvalue weighted by molar-refractivity contribution is 5.18. The molecular formula is C13H17F2NO. The van der Waals surface area contributed by atoms with Crippen LogP contribution >= 0.6 is 0 Å². The van der Waals surface area contributed by atoms with Crippen LogP contribution in [0.4, 0.5) is 8.78 Å². The van der Waals surface area contributed by atoms with Gasteiger partial charge >= 0.3 is 0 Å². The Morgan fingerprint density at radius 3 is 2.71 bits per heavy atom. The molecule has 0 aromatic heterocycles. The minimum Gasteiger partial charge on any atom is -0.393 e. The Hall–Kier alpha value is -1.00. The molecule has 17 heavy (non-hydrogen) atoms. The molecular weight excluding hydrogens is 224 g/mol. The molecule has 0 aliphatic heterocycles. The number of rotatable bonds is 4. The number of halogens is 2. The van der Waals surface area contributed by atoms with Gasteiger partial charge < -0.3 is 10.0 Å². The van der Waals surface area contributed by atoms with Gasteiger partial charge in [-0.3, -0.25) is 0 Å². The number of hydrogen-bond donors (Lipinski definition) is 1. The smallest absolute Gasteiger partial charge is 0.127 e. The Kier molecular flexibility index (Phi) is 3.74. The van der Waals surface area contributed by atoms with E-state index in [1.807, 2.05) is 11.9 Å². The second-order valence-corrected chi connectivity index (χ2v) is 4.92. The summed E-state index contributed by atoms with van der Waals surface area (Å²) in [6.07, 6.45) is 1.46. The van der Waals surface area contributed by atoms with Crippen molar-refractivity contribution in [2.45, 2.75) is 25.5 Å². The highest BCUT2D eigenvalue weighted by atomic mass is 19.1. The molecule has 0 spiro atoms. The van der Waals surface area contributed by atoms with E-state index in [-0.39, 0.29) is 11.9 Å². The Bertz CT molecular complexity index is 391. The molecule has 1 aromatic rings. The Morgan fingerprint density at radius 2 is 2.06 bits per heavy atom. The van der Waals surface area contributed by atoms with E-state index in [1.165, 1.54) is 6.07 Å². The highest BCUT2D eigenvalue weighted by Gasteiger charge is 2.27. The molecule has 0 saturated heterocycles. The summed E-state index contributed by atoms with van der Waals surface area (Å²) in [4.78, 5) is 1.97. The van der Waals surface area contributed by atoms with E-state index in [4.69, 9.17) is 0 Å². The van der Waals surface area contributed by atoms with Crippen LogP contribution in [-0.4, -0.2) is 29.7 Å². The number of benzene rings is 1. The molecule has 0 amide bonds. The van der Waals surface area contributed by atoms with Crippen molar-refractivity contribution in [1.82, 2.24) is 4.90 Å². The van der Waals surface area contributed by atoms with E-state index in [9.17, 15) is 13.9 Å². The van der Waals surface area contributed by atoms with Crippen LogP contribution in [0, 0.1) is 17.6 Å². The quantitative estimate of drug-likeness (QED) is 0.873. The predicted molar refractivity (Wildman–Crippen MR) is 61.4 cm³/mol. The summed E-state index contributed by atoms with van der Waals surface area (Å²) in [7, 11) is 1.88. The molecule has 2 rings (SSSR count). The minimum absolute atomic E-state index is 0.167. The monoisotopic (exact) mass is 241 g/mol. The van der Waals surface area contributed by atoms with Crippen molar-refractivity contribution in [1.29, 1.82) is 0 Å². The van der Waals surface area contributed by atoms with Gasteiger partial charge in [0, 0.05) is 18.7 Å². The molecule has 1 aliphatic carbocycles. The van der Waals surface area contributed by atoms with Gasteiger partial charge in [-0.15, -0.1) is 0 Å². The van der Waals surface area contributed by atoms with Crippen LogP contribution in [0.5, 0.6) is 0 Å². The first-order chi connectivity index (χ1) is 8.04. The standard InChI is InChI=1S/C13H17F2NO/c1-16(7-9-4-12(17)5-9)8-10-6-11(14)2-3-13(10)15/h2-3,6,9,12,17H,4-5,7-8H2,1H3. The lowest BCUT2D eigenvalue weighted by Gasteiger charge is -2.34. The summed E-state index contributed by atoms with van der Waals surface area (Å²) in [6.45, 7) is 1.21. The third-order valence-electron chi connectivity index (χ3n) is 3.23. The second-order valence-electron chi connectivity index (χ2n) is 4.92. The largest absolute Gasteiger partial charge is 0.393 e. The highest BCUT2D eigenvalue weighted by Crippen LogP contribution is 2.28. The molecule has 0 atom stereocenters. The first-order valence-electron chi connectivity index (χ1n) is 5.85. The summed E-state index contributed by atoms with van der Waals surface area (Å²) in [5.74, 6) is -0.299. The van der Waals surface area contributed by atoms with Gasteiger partial charge in [0.25, 0.3) is 0 Å². The molecule has 1 N–H and O–H groups in total. The molecule has 94 valence electrons. The molecule has 1 aromatic carbocycles. The van der Waals surface area contributed by atoms with E-state index in [0.29, 0.717) is 18.0 Å². The molecule has 1 aliphatic rings. The SMILES string of the molecule is CN(Cc1cc(F)ccc1F)CC1CC(O)C1. The number of aliphatic hydroxyl groups excluding tert-OH is 1. The molecule has 2 nitrogen and oxygen atoms in total. The maximum atomic E-state index is 13.4. The Morgan fingerprint density at radius 1 is 1.35 bits per heavy atom. The molecule has 0 heterocycles. The normalized spacial score (nSPS) is 23.8. The lowest BCUT2D eigenvalue weighted by Crippen LogP contribution is -2.36. The summed E-state index contributed by atoms with van der Waals surface area (Å²) < 4.78 is 26.4. The van der Waals surface area contributed by atoms with Crippen LogP contribution in [-0.2, 0) is 6.54 Å². The van der Waals surface area contributed by atoms with Gasteiger partial charge in [-0.25, -0.2) is 8.78 Å². The van der Waals surface area contributed by atoms with E-state index in [0.717, 1.165) is 31.5 Å². The van der Waals surface area contributed by atoms with Crippen molar-refractivity contribution >= 4 is 0 Å². The molecule has 4 heteroatoms. The van der Waals surface area contributed by atoms with Crippen molar-refractivity contribution < 1.29 is 13.9 Å². The summed E-state index contributed by atoms with van der Waals surface area (Å²) >= 11 is 0. The van der Waals surface area contributed by atoms with Crippen molar-refractivity contribution in [2.75, 3.05) is 13.6 Å². The minimum atomic E-state index is -0.408. The van der Waals surface area contributed by atoms with Crippen molar-refractivity contribution in [3.63, 3.8) is 0 Å². The predicted octanol–water partition coefficient (Wildman–Crippen LogP) is 2.17. The zero-order valence-electron chi connectivity index (χ0n) is 9.87. The zero-order valence-corrected chi connectivity index (χ0v) is 9.87.